The molecule has 0 bridgehead atoms. The summed E-state index contributed by atoms with van der Waals surface area (Å²) in [5.41, 5.74) is 1.52. The van der Waals surface area contributed by atoms with Crippen molar-refractivity contribution in [1.82, 2.24) is 0 Å². The van der Waals surface area contributed by atoms with Gasteiger partial charge < -0.3 is 14.9 Å². The molecule has 5 unspecified atom stereocenters. The summed E-state index contributed by atoms with van der Waals surface area (Å²) >= 11 is 0. The maximum Gasteiger partial charge on any atom is 0.308 e. The number of cyclic esters (lactones) is 1. The number of carboxylic acid groups (broad SMARTS) is 1. The monoisotopic (exact) mass is 406 g/mol. The van der Waals surface area contributed by atoms with Crippen LogP contribution in [0.3, 0.4) is 0 Å². The molecule has 3 aliphatic rings. The molecule has 1 aliphatic heterocycles. The van der Waals surface area contributed by atoms with Crippen molar-refractivity contribution in [3.8, 4) is 0 Å². The summed E-state index contributed by atoms with van der Waals surface area (Å²) in [6.07, 6.45) is 12.5. The van der Waals surface area contributed by atoms with Crippen LogP contribution >= 0.6 is 0 Å². The van der Waals surface area contributed by atoms with Crippen molar-refractivity contribution in [2.24, 2.45) is 29.6 Å². The predicted molar refractivity (Wildman–Crippen MR) is 113 cm³/mol. The summed E-state index contributed by atoms with van der Waals surface area (Å²) in [6, 6.07) is 0. The SMILES string of the molecule is CC1C=CC2=C[C@H](C)CCC2C1CC[C@@H]1CC(O)CC(=O)O1.CCC(C)C(=O)O. The average molecular weight is 407 g/mol. The highest BCUT2D eigenvalue weighted by molar-refractivity contribution is 5.71. The quantitative estimate of drug-likeness (QED) is 0.644. The maximum absolute atomic E-state index is 11.5. The zero-order chi connectivity index (χ0) is 21.6. The molecule has 0 amide bonds. The second-order valence-electron chi connectivity index (χ2n) is 9.14. The molecule has 1 heterocycles. The van der Waals surface area contributed by atoms with E-state index in [4.69, 9.17) is 9.84 Å². The van der Waals surface area contributed by atoms with Crippen LogP contribution in [0.5, 0.6) is 0 Å². The van der Waals surface area contributed by atoms with Crippen LogP contribution in [0.4, 0.5) is 0 Å². The highest BCUT2D eigenvalue weighted by atomic mass is 16.5. The number of allylic oxidation sites excluding steroid dienone is 4. The Morgan fingerprint density at radius 2 is 2.00 bits per heavy atom. The molecule has 5 nitrogen and oxygen atoms in total. The molecule has 0 aromatic rings. The highest BCUT2D eigenvalue weighted by Crippen LogP contribution is 2.43. The minimum Gasteiger partial charge on any atom is -0.481 e. The van der Waals surface area contributed by atoms with Gasteiger partial charge in [-0.2, -0.15) is 0 Å². The van der Waals surface area contributed by atoms with E-state index in [1.807, 2.05) is 6.92 Å². The first-order chi connectivity index (χ1) is 13.7. The highest BCUT2D eigenvalue weighted by Gasteiger charge is 2.34. The lowest BCUT2D eigenvalue weighted by atomic mass is 9.66. The van der Waals surface area contributed by atoms with Crippen LogP contribution in [0, 0.1) is 29.6 Å². The van der Waals surface area contributed by atoms with Crippen LogP contribution in [0.15, 0.2) is 23.8 Å². The van der Waals surface area contributed by atoms with Crippen molar-refractivity contribution >= 4 is 11.9 Å². The van der Waals surface area contributed by atoms with Crippen LogP contribution in [-0.4, -0.2) is 34.4 Å². The average Bonchev–Trinajstić information content (AvgIpc) is 2.66. The number of hydrogen-bond acceptors (Lipinski definition) is 4. The number of ether oxygens (including phenoxy) is 1. The van der Waals surface area contributed by atoms with Gasteiger partial charge in [0.1, 0.15) is 6.10 Å². The number of aliphatic hydroxyl groups is 1. The molecule has 2 aliphatic carbocycles. The fourth-order valence-electron chi connectivity index (χ4n) is 4.61. The number of esters is 1. The molecule has 164 valence electrons. The summed E-state index contributed by atoms with van der Waals surface area (Å²) in [4.78, 5) is 21.4. The fraction of sp³-hybridized carbons (Fsp3) is 0.750. The van der Waals surface area contributed by atoms with Crippen molar-refractivity contribution < 1.29 is 24.5 Å². The second-order valence-corrected chi connectivity index (χ2v) is 9.14. The van der Waals surface area contributed by atoms with Gasteiger partial charge in [-0.1, -0.05) is 45.9 Å². The zero-order valence-electron chi connectivity index (χ0n) is 18.3. The van der Waals surface area contributed by atoms with Crippen LogP contribution in [0.1, 0.15) is 72.6 Å². The third-order valence-corrected chi connectivity index (χ3v) is 6.71. The number of carboxylic acids is 1. The Hall–Kier alpha value is -1.62. The van der Waals surface area contributed by atoms with E-state index in [1.54, 1.807) is 6.92 Å². The van der Waals surface area contributed by atoms with Gasteiger partial charge in [0.2, 0.25) is 0 Å². The van der Waals surface area contributed by atoms with Crippen molar-refractivity contribution in [1.29, 1.82) is 0 Å². The Balaban J connectivity index is 0.000000370. The van der Waals surface area contributed by atoms with Crippen LogP contribution < -0.4 is 0 Å². The Kier molecular flexibility index (Phi) is 8.94. The first-order valence-corrected chi connectivity index (χ1v) is 11.2. The molecular formula is C24H38O5. The summed E-state index contributed by atoms with van der Waals surface area (Å²) in [5.74, 6) is 1.45. The number of fused-ring (bicyclic) bond motifs is 1. The number of carbonyl (C=O) groups excluding carboxylic acids is 1. The van der Waals surface area contributed by atoms with E-state index >= 15 is 0 Å². The number of aliphatic hydroxyl groups excluding tert-OH is 1. The van der Waals surface area contributed by atoms with E-state index in [1.165, 1.54) is 18.4 Å². The standard InChI is InChI=1S/C19H28O3.C5H10O2/c1-12-3-7-18-14(9-12)5-4-13(2)17(18)8-6-16-10-15(20)11-19(21)22-16;1-3-4(2)5(6)7/h4-5,9,12-13,15-18,20H,3,6-8,10-11H2,1-2H3;4H,3H2,1-2H3,(H,6,7)/t12-,13?,15?,16-,17?,18?;/m1./s1. The zero-order valence-corrected chi connectivity index (χ0v) is 18.3. The Morgan fingerprint density at radius 1 is 1.28 bits per heavy atom. The molecule has 0 radical (unpaired) electrons. The van der Waals surface area contributed by atoms with Gasteiger partial charge >= 0.3 is 11.9 Å². The first kappa shape index (κ1) is 23.7. The van der Waals surface area contributed by atoms with E-state index in [0.717, 1.165) is 19.3 Å². The third-order valence-electron chi connectivity index (χ3n) is 6.71. The van der Waals surface area contributed by atoms with Gasteiger partial charge in [-0.25, -0.2) is 0 Å². The van der Waals surface area contributed by atoms with Gasteiger partial charge in [-0.15, -0.1) is 0 Å². The van der Waals surface area contributed by atoms with Gasteiger partial charge in [0.25, 0.3) is 0 Å². The Morgan fingerprint density at radius 3 is 2.59 bits per heavy atom. The molecule has 0 spiro atoms. The van der Waals surface area contributed by atoms with Crippen LogP contribution in [0.2, 0.25) is 0 Å². The van der Waals surface area contributed by atoms with Gasteiger partial charge in [0.05, 0.1) is 18.4 Å². The minimum atomic E-state index is -0.706. The smallest absolute Gasteiger partial charge is 0.308 e. The summed E-state index contributed by atoms with van der Waals surface area (Å²) in [5, 5.41) is 17.9. The predicted octanol–water partition coefficient (Wildman–Crippen LogP) is 4.74. The van der Waals surface area contributed by atoms with E-state index in [9.17, 15) is 14.7 Å². The molecule has 2 N–H and O–H groups in total. The summed E-state index contributed by atoms with van der Waals surface area (Å²) in [6.45, 7) is 8.16. The van der Waals surface area contributed by atoms with E-state index in [0.29, 0.717) is 30.1 Å². The van der Waals surface area contributed by atoms with E-state index < -0.39 is 12.1 Å². The summed E-state index contributed by atoms with van der Waals surface area (Å²) in [7, 11) is 0. The van der Waals surface area contributed by atoms with Gasteiger partial charge in [0.15, 0.2) is 0 Å². The molecule has 7 atom stereocenters. The van der Waals surface area contributed by atoms with Crippen molar-refractivity contribution in [3.63, 3.8) is 0 Å². The molecule has 5 heteroatoms. The largest absolute Gasteiger partial charge is 0.481 e. The Labute approximate surface area is 175 Å². The number of hydrogen-bond donors (Lipinski definition) is 2. The van der Waals surface area contributed by atoms with Gasteiger partial charge in [0, 0.05) is 6.42 Å². The lowest BCUT2D eigenvalue weighted by molar-refractivity contribution is -0.160. The lowest BCUT2D eigenvalue weighted by Gasteiger charge is -2.39. The molecule has 3 rings (SSSR count). The second kappa shape index (κ2) is 11.0. The molecule has 1 fully saturated rings. The Bertz CT molecular complexity index is 623. The van der Waals surface area contributed by atoms with E-state index in [-0.39, 0.29) is 24.4 Å². The maximum atomic E-state index is 11.5. The molecule has 29 heavy (non-hydrogen) atoms. The third kappa shape index (κ3) is 6.98. The number of rotatable bonds is 5. The topological polar surface area (TPSA) is 83.8 Å². The minimum absolute atomic E-state index is 0.0932. The molecular weight excluding hydrogens is 368 g/mol. The summed E-state index contributed by atoms with van der Waals surface area (Å²) < 4.78 is 5.40. The molecule has 1 saturated heterocycles. The van der Waals surface area contributed by atoms with Crippen molar-refractivity contribution in [3.05, 3.63) is 23.8 Å². The van der Waals surface area contributed by atoms with Gasteiger partial charge in [-0.05, 0) is 61.3 Å². The number of carbonyl (C=O) groups is 2. The molecule has 0 saturated carbocycles. The normalized spacial score (nSPS) is 34.8. The van der Waals surface area contributed by atoms with Crippen LogP contribution in [0.25, 0.3) is 0 Å². The first-order valence-electron chi connectivity index (χ1n) is 11.2. The van der Waals surface area contributed by atoms with E-state index in [2.05, 4.69) is 32.1 Å². The fourth-order valence-corrected chi connectivity index (χ4v) is 4.61. The van der Waals surface area contributed by atoms with Crippen LogP contribution in [-0.2, 0) is 14.3 Å². The lowest BCUT2D eigenvalue weighted by Crippen LogP contribution is -2.34. The molecule has 0 aromatic carbocycles. The van der Waals surface area contributed by atoms with Crippen molar-refractivity contribution in [2.45, 2.75) is 84.8 Å². The van der Waals surface area contributed by atoms with Crippen molar-refractivity contribution in [2.75, 3.05) is 0 Å². The number of aliphatic carboxylic acids is 1. The van der Waals surface area contributed by atoms with Gasteiger partial charge in [-0.3, -0.25) is 9.59 Å². The molecule has 0 aromatic heterocycles.